The van der Waals surface area contributed by atoms with E-state index < -0.39 is 0 Å². The number of nitrogens with zero attached hydrogens (tertiary/aromatic N) is 2. The van der Waals surface area contributed by atoms with Crippen molar-refractivity contribution < 1.29 is 4.39 Å². The second-order valence-electron chi connectivity index (χ2n) is 7.53. The number of hydrogen-bond acceptors (Lipinski definition) is 2. The largest absolute Gasteiger partial charge is 0.353 e. The maximum Gasteiger partial charge on any atom is 0.123 e. The Morgan fingerprint density at radius 1 is 0.677 bits per heavy atom. The summed E-state index contributed by atoms with van der Waals surface area (Å²) < 4.78 is 13.8. The van der Waals surface area contributed by atoms with Crippen LogP contribution in [0.15, 0.2) is 91.3 Å². The minimum atomic E-state index is -0.243. The van der Waals surface area contributed by atoms with Crippen LogP contribution in [-0.2, 0) is 0 Å². The second-order valence-corrected chi connectivity index (χ2v) is 7.53. The number of pyridine rings is 1. The molecule has 0 saturated carbocycles. The maximum absolute atomic E-state index is 13.8. The van der Waals surface area contributed by atoms with Crippen molar-refractivity contribution >= 4 is 21.8 Å². The summed E-state index contributed by atoms with van der Waals surface area (Å²) in [5.74, 6) is -0.243. The predicted octanol–water partition coefficient (Wildman–Crippen LogP) is 6.58. The van der Waals surface area contributed by atoms with E-state index in [2.05, 4.69) is 38.4 Å². The molecule has 3 aromatic carbocycles. The van der Waals surface area contributed by atoms with Crippen LogP contribution in [0.5, 0.6) is 0 Å². The van der Waals surface area contributed by atoms with Gasteiger partial charge in [-0.3, -0.25) is 10.1 Å². The zero-order valence-electron chi connectivity index (χ0n) is 16.4. The molecular weight excluding hydrogens is 387 g/mol. The number of aromatic amines is 2. The summed E-state index contributed by atoms with van der Waals surface area (Å²) in [6.07, 6.45) is 3.59. The van der Waals surface area contributed by atoms with E-state index in [9.17, 15) is 4.39 Å². The van der Waals surface area contributed by atoms with Crippen LogP contribution < -0.4 is 0 Å². The first-order valence-electron chi connectivity index (χ1n) is 10.0. The van der Waals surface area contributed by atoms with Crippen molar-refractivity contribution in [2.24, 2.45) is 0 Å². The molecule has 3 heterocycles. The average Bonchev–Trinajstić information content (AvgIpc) is 3.43. The summed E-state index contributed by atoms with van der Waals surface area (Å²) in [4.78, 5) is 7.59. The van der Waals surface area contributed by atoms with Crippen LogP contribution in [0.3, 0.4) is 0 Å². The first kappa shape index (κ1) is 17.6. The van der Waals surface area contributed by atoms with Crippen molar-refractivity contribution in [2.45, 2.75) is 0 Å². The van der Waals surface area contributed by atoms with Gasteiger partial charge in [-0.25, -0.2) is 4.39 Å². The normalized spacial score (nSPS) is 11.4. The average molecular weight is 404 g/mol. The number of fused-ring (bicyclic) bond motifs is 2. The summed E-state index contributed by atoms with van der Waals surface area (Å²) >= 11 is 0. The topological polar surface area (TPSA) is 57.4 Å². The molecule has 0 aliphatic rings. The van der Waals surface area contributed by atoms with Crippen molar-refractivity contribution in [3.8, 4) is 33.6 Å². The first-order chi connectivity index (χ1) is 15.3. The highest BCUT2D eigenvalue weighted by Gasteiger charge is 2.14. The molecule has 148 valence electrons. The Labute approximate surface area is 177 Å². The number of halogens is 1. The zero-order valence-corrected chi connectivity index (χ0v) is 16.4. The smallest absolute Gasteiger partial charge is 0.123 e. The molecule has 31 heavy (non-hydrogen) atoms. The zero-order chi connectivity index (χ0) is 20.8. The third-order valence-corrected chi connectivity index (χ3v) is 5.63. The number of rotatable bonds is 3. The van der Waals surface area contributed by atoms with Gasteiger partial charge in [-0.2, -0.15) is 5.10 Å². The lowest BCUT2D eigenvalue weighted by molar-refractivity contribution is 0.628. The molecule has 0 unspecified atom stereocenters. The molecule has 5 heteroatoms. The summed E-state index contributed by atoms with van der Waals surface area (Å²) in [5, 5.41) is 9.78. The van der Waals surface area contributed by atoms with E-state index in [4.69, 9.17) is 0 Å². The van der Waals surface area contributed by atoms with Crippen LogP contribution in [0.2, 0.25) is 0 Å². The van der Waals surface area contributed by atoms with Gasteiger partial charge in [0.1, 0.15) is 11.5 Å². The molecule has 0 bridgehead atoms. The Morgan fingerprint density at radius 3 is 2.42 bits per heavy atom. The van der Waals surface area contributed by atoms with Crippen molar-refractivity contribution in [3.63, 3.8) is 0 Å². The highest BCUT2D eigenvalue weighted by Crippen LogP contribution is 2.35. The van der Waals surface area contributed by atoms with E-state index >= 15 is 0 Å². The lowest BCUT2D eigenvalue weighted by Crippen LogP contribution is -1.81. The van der Waals surface area contributed by atoms with Gasteiger partial charge in [0.2, 0.25) is 0 Å². The van der Waals surface area contributed by atoms with Gasteiger partial charge in [0.05, 0.1) is 11.2 Å². The van der Waals surface area contributed by atoms with E-state index in [1.165, 1.54) is 6.07 Å². The lowest BCUT2D eigenvalue weighted by atomic mass is 10.0. The van der Waals surface area contributed by atoms with E-state index in [-0.39, 0.29) is 5.82 Å². The van der Waals surface area contributed by atoms with Gasteiger partial charge in [0, 0.05) is 28.7 Å². The Bertz CT molecular complexity index is 1550. The Balaban J connectivity index is 1.52. The molecule has 0 atom stereocenters. The van der Waals surface area contributed by atoms with E-state index in [0.717, 1.165) is 55.4 Å². The summed E-state index contributed by atoms with van der Waals surface area (Å²) in [6, 6.07) is 25.0. The first-order valence-corrected chi connectivity index (χ1v) is 10.0. The van der Waals surface area contributed by atoms with Gasteiger partial charge < -0.3 is 4.98 Å². The molecule has 0 radical (unpaired) electrons. The monoisotopic (exact) mass is 404 g/mol. The SMILES string of the molecule is Fc1cccc(-c2cccc3[nH]c(-c4n[nH]c5ccc(-c6ccncc6)cc45)cc23)c1. The molecule has 0 spiro atoms. The van der Waals surface area contributed by atoms with E-state index in [0.29, 0.717) is 0 Å². The Kier molecular flexibility index (Phi) is 3.93. The van der Waals surface area contributed by atoms with Crippen LogP contribution in [0.1, 0.15) is 0 Å². The van der Waals surface area contributed by atoms with Gasteiger partial charge in [0.15, 0.2) is 0 Å². The summed E-state index contributed by atoms with van der Waals surface area (Å²) in [6.45, 7) is 0. The van der Waals surface area contributed by atoms with E-state index in [1.807, 2.05) is 42.5 Å². The van der Waals surface area contributed by atoms with Crippen molar-refractivity contribution in [1.29, 1.82) is 0 Å². The number of H-pyrrole nitrogens is 2. The number of hydrogen-bond donors (Lipinski definition) is 2. The van der Waals surface area contributed by atoms with Gasteiger partial charge >= 0.3 is 0 Å². The van der Waals surface area contributed by atoms with Crippen LogP contribution >= 0.6 is 0 Å². The fourth-order valence-corrected chi connectivity index (χ4v) is 4.13. The fourth-order valence-electron chi connectivity index (χ4n) is 4.13. The number of aromatic nitrogens is 4. The Hall–Kier alpha value is -4.25. The molecule has 0 saturated heterocycles. The van der Waals surface area contributed by atoms with Crippen LogP contribution in [0.25, 0.3) is 55.4 Å². The van der Waals surface area contributed by atoms with Crippen molar-refractivity contribution in [3.05, 3.63) is 97.1 Å². The third-order valence-electron chi connectivity index (χ3n) is 5.63. The standard InChI is InChI=1S/C26H17FN4/c27-19-4-1-3-18(13-19)20-5-2-6-23-21(20)15-25(29-23)26-22-14-17(7-8-24(22)30-31-26)16-9-11-28-12-10-16/h1-15,29H,(H,30,31). The minimum Gasteiger partial charge on any atom is -0.353 e. The van der Waals surface area contributed by atoms with Crippen LogP contribution in [0, 0.1) is 5.82 Å². The molecule has 3 aromatic heterocycles. The molecule has 4 nitrogen and oxygen atoms in total. The predicted molar refractivity (Wildman–Crippen MR) is 122 cm³/mol. The van der Waals surface area contributed by atoms with Gasteiger partial charge in [0.25, 0.3) is 0 Å². The number of nitrogens with one attached hydrogen (secondary N) is 2. The quantitative estimate of drug-likeness (QED) is 0.350. The molecular formula is C26H17FN4. The summed E-state index contributed by atoms with van der Waals surface area (Å²) in [5.41, 5.74) is 7.77. The van der Waals surface area contributed by atoms with E-state index in [1.54, 1.807) is 24.5 Å². The van der Waals surface area contributed by atoms with Crippen molar-refractivity contribution in [2.75, 3.05) is 0 Å². The third kappa shape index (κ3) is 2.99. The van der Waals surface area contributed by atoms with Gasteiger partial charge in [-0.1, -0.05) is 30.3 Å². The highest BCUT2D eigenvalue weighted by molar-refractivity contribution is 6.01. The van der Waals surface area contributed by atoms with Crippen LogP contribution in [0.4, 0.5) is 4.39 Å². The van der Waals surface area contributed by atoms with Gasteiger partial charge in [-0.05, 0) is 70.8 Å². The second kappa shape index (κ2) is 6.92. The molecule has 6 rings (SSSR count). The van der Waals surface area contributed by atoms with Gasteiger partial charge in [-0.15, -0.1) is 0 Å². The minimum absolute atomic E-state index is 0.243. The summed E-state index contributed by atoms with van der Waals surface area (Å²) in [7, 11) is 0. The molecule has 0 aliphatic carbocycles. The fraction of sp³-hybridized carbons (Fsp3) is 0. The molecule has 0 fully saturated rings. The van der Waals surface area contributed by atoms with Crippen molar-refractivity contribution in [1.82, 2.24) is 20.2 Å². The lowest BCUT2D eigenvalue weighted by Gasteiger charge is -2.03. The molecule has 2 N–H and O–H groups in total. The Morgan fingerprint density at radius 2 is 1.55 bits per heavy atom. The molecule has 0 aliphatic heterocycles. The highest BCUT2D eigenvalue weighted by atomic mass is 19.1. The maximum atomic E-state index is 13.8. The molecule has 0 amide bonds. The molecule has 6 aromatic rings. The number of benzene rings is 3. The van der Waals surface area contributed by atoms with Crippen LogP contribution in [-0.4, -0.2) is 20.2 Å².